The van der Waals surface area contributed by atoms with Crippen LogP contribution in [0.25, 0.3) is 5.52 Å². The Morgan fingerprint density at radius 3 is 3.07 bits per heavy atom. The predicted octanol–water partition coefficient (Wildman–Crippen LogP) is -0.661. The third-order valence-electron chi connectivity index (χ3n) is 1.80. The summed E-state index contributed by atoms with van der Waals surface area (Å²) >= 11 is 0. The molecule has 0 radical (unpaired) electrons. The van der Waals surface area contributed by atoms with Gasteiger partial charge in [0.15, 0.2) is 11.6 Å². The number of rotatable bonds is 2. The molecule has 1 amide bonds. The van der Waals surface area contributed by atoms with Crippen molar-refractivity contribution in [2.75, 3.05) is 5.73 Å². The van der Waals surface area contributed by atoms with Crippen LogP contribution in [0, 0.1) is 0 Å². The summed E-state index contributed by atoms with van der Waals surface area (Å²) in [5, 5.41) is 4.06. The normalized spacial score (nSPS) is 10.6. The molecule has 0 aromatic carbocycles. The Bertz CT molecular complexity index is 489. The summed E-state index contributed by atoms with van der Waals surface area (Å²) in [6.45, 7) is 0. The Labute approximate surface area is 79.5 Å². The van der Waals surface area contributed by atoms with Crippen molar-refractivity contribution in [1.29, 1.82) is 0 Å². The van der Waals surface area contributed by atoms with Crippen molar-refractivity contribution in [3.63, 3.8) is 0 Å². The number of anilines is 1. The average Bonchev–Trinajstić information content (AvgIpc) is 2.50. The van der Waals surface area contributed by atoms with Crippen molar-refractivity contribution in [2.24, 2.45) is 5.73 Å². The van der Waals surface area contributed by atoms with E-state index < -0.39 is 5.91 Å². The highest BCUT2D eigenvalue weighted by Crippen LogP contribution is 2.09. The number of nitrogen functional groups attached to an aromatic ring is 1. The standard InChI is InChI=1S/C8H9N5O/c9-6(14)4-7-11-8(10)5-2-1-3-13(5)12-7/h1-3H,4H2,(H2,9,14)(H2,10,11,12). The number of carbonyl (C=O) groups excluding carboxylic acids is 1. The van der Waals surface area contributed by atoms with E-state index in [0.29, 0.717) is 11.6 Å². The van der Waals surface area contributed by atoms with Crippen LogP contribution in [0.15, 0.2) is 18.3 Å². The zero-order valence-corrected chi connectivity index (χ0v) is 7.34. The number of fused-ring (bicyclic) bond motifs is 1. The Hall–Kier alpha value is -2.11. The Kier molecular flexibility index (Phi) is 1.81. The molecule has 6 nitrogen and oxygen atoms in total. The van der Waals surface area contributed by atoms with Crippen LogP contribution in [-0.4, -0.2) is 20.5 Å². The molecule has 0 aliphatic heterocycles. The van der Waals surface area contributed by atoms with Gasteiger partial charge < -0.3 is 11.5 Å². The highest BCUT2D eigenvalue weighted by Gasteiger charge is 2.06. The number of nitrogens with zero attached hydrogens (tertiary/aromatic N) is 3. The molecule has 0 aliphatic carbocycles. The quantitative estimate of drug-likeness (QED) is 0.658. The largest absolute Gasteiger partial charge is 0.382 e. The Morgan fingerprint density at radius 1 is 1.57 bits per heavy atom. The molecule has 14 heavy (non-hydrogen) atoms. The molecule has 2 rings (SSSR count). The van der Waals surface area contributed by atoms with E-state index in [1.807, 2.05) is 0 Å². The van der Waals surface area contributed by atoms with Crippen LogP contribution in [-0.2, 0) is 11.2 Å². The first-order chi connectivity index (χ1) is 6.66. The second kappa shape index (κ2) is 2.99. The van der Waals surface area contributed by atoms with E-state index in [9.17, 15) is 4.79 Å². The van der Waals surface area contributed by atoms with Crippen LogP contribution in [0.2, 0.25) is 0 Å². The Balaban J connectivity index is 2.53. The van der Waals surface area contributed by atoms with E-state index in [-0.39, 0.29) is 6.42 Å². The lowest BCUT2D eigenvalue weighted by Gasteiger charge is -2.01. The molecule has 0 saturated heterocycles. The maximum Gasteiger partial charge on any atom is 0.225 e. The molecule has 2 heterocycles. The van der Waals surface area contributed by atoms with Gasteiger partial charge in [0, 0.05) is 6.20 Å². The second-order valence-corrected chi connectivity index (χ2v) is 2.89. The number of primary amides is 1. The monoisotopic (exact) mass is 191 g/mol. The van der Waals surface area contributed by atoms with Crippen molar-refractivity contribution in [3.8, 4) is 0 Å². The number of nitrogens with two attached hydrogens (primary N) is 2. The fourth-order valence-electron chi connectivity index (χ4n) is 1.24. The van der Waals surface area contributed by atoms with Gasteiger partial charge in [0.25, 0.3) is 0 Å². The fraction of sp³-hybridized carbons (Fsp3) is 0.125. The molecule has 2 aromatic rings. The third kappa shape index (κ3) is 1.37. The van der Waals surface area contributed by atoms with Crippen LogP contribution in [0.4, 0.5) is 5.82 Å². The number of amides is 1. The molecule has 4 N–H and O–H groups in total. The first-order valence-corrected chi connectivity index (χ1v) is 4.05. The summed E-state index contributed by atoms with van der Waals surface area (Å²) in [6, 6.07) is 3.60. The van der Waals surface area contributed by atoms with Gasteiger partial charge in [-0.3, -0.25) is 4.79 Å². The van der Waals surface area contributed by atoms with Gasteiger partial charge in [0.2, 0.25) is 5.91 Å². The van der Waals surface area contributed by atoms with Crippen molar-refractivity contribution in [2.45, 2.75) is 6.42 Å². The Morgan fingerprint density at radius 2 is 2.36 bits per heavy atom. The summed E-state index contributed by atoms with van der Waals surface area (Å²) in [6.07, 6.45) is 1.73. The molecule has 0 aliphatic rings. The third-order valence-corrected chi connectivity index (χ3v) is 1.80. The molecule has 0 saturated carbocycles. The molecule has 72 valence electrons. The number of hydrogen-bond acceptors (Lipinski definition) is 4. The summed E-state index contributed by atoms with van der Waals surface area (Å²) in [5.41, 5.74) is 11.4. The lowest BCUT2D eigenvalue weighted by atomic mass is 10.4. The van der Waals surface area contributed by atoms with Crippen LogP contribution in [0.1, 0.15) is 5.82 Å². The van der Waals surface area contributed by atoms with Gasteiger partial charge in [-0.1, -0.05) is 0 Å². The van der Waals surface area contributed by atoms with Crippen LogP contribution >= 0.6 is 0 Å². The van der Waals surface area contributed by atoms with Crippen LogP contribution in [0.5, 0.6) is 0 Å². The maximum absolute atomic E-state index is 10.6. The van der Waals surface area contributed by atoms with E-state index >= 15 is 0 Å². The zero-order chi connectivity index (χ0) is 10.1. The molecular weight excluding hydrogens is 182 g/mol. The average molecular weight is 191 g/mol. The van der Waals surface area contributed by atoms with Gasteiger partial charge in [0.1, 0.15) is 5.52 Å². The minimum absolute atomic E-state index is 0.00167. The molecular formula is C8H9N5O. The molecule has 0 bridgehead atoms. The van der Waals surface area contributed by atoms with Crippen molar-refractivity contribution >= 4 is 17.2 Å². The minimum Gasteiger partial charge on any atom is -0.382 e. The molecule has 0 unspecified atom stereocenters. The summed E-state index contributed by atoms with van der Waals surface area (Å²) in [4.78, 5) is 14.6. The summed E-state index contributed by atoms with van der Waals surface area (Å²) in [5.74, 6) is 0.204. The van der Waals surface area contributed by atoms with Crippen LogP contribution < -0.4 is 11.5 Å². The molecule has 2 aromatic heterocycles. The maximum atomic E-state index is 10.6. The second-order valence-electron chi connectivity index (χ2n) is 2.89. The van der Waals surface area contributed by atoms with Gasteiger partial charge in [-0.25, -0.2) is 9.50 Å². The van der Waals surface area contributed by atoms with E-state index in [0.717, 1.165) is 5.52 Å². The highest BCUT2D eigenvalue weighted by molar-refractivity contribution is 5.76. The number of carbonyl (C=O) groups is 1. The van der Waals surface area contributed by atoms with E-state index in [1.54, 1.807) is 22.8 Å². The lowest BCUT2D eigenvalue weighted by molar-refractivity contribution is -0.117. The van der Waals surface area contributed by atoms with Gasteiger partial charge in [-0.15, -0.1) is 0 Å². The first-order valence-electron chi connectivity index (χ1n) is 4.05. The molecule has 6 heteroatoms. The van der Waals surface area contributed by atoms with Crippen molar-refractivity contribution < 1.29 is 4.79 Å². The van der Waals surface area contributed by atoms with Gasteiger partial charge in [-0.05, 0) is 12.1 Å². The molecule has 0 atom stereocenters. The van der Waals surface area contributed by atoms with Gasteiger partial charge in [0.05, 0.1) is 6.42 Å². The predicted molar refractivity (Wildman–Crippen MR) is 50.3 cm³/mol. The molecule has 0 spiro atoms. The van der Waals surface area contributed by atoms with Crippen molar-refractivity contribution in [1.82, 2.24) is 14.6 Å². The van der Waals surface area contributed by atoms with E-state index in [1.165, 1.54) is 0 Å². The topological polar surface area (TPSA) is 99.3 Å². The zero-order valence-electron chi connectivity index (χ0n) is 7.34. The number of aromatic nitrogens is 3. The smallest absolute Gasteiger partial charge is 0.225 e. The van der Waals surface area contributed by atoms with E-state index in [4.69, 9.17) is 11.5 Å². The highest BCUT2D eigenvalue weighted by atomic mass is 16.1. The fourth-order valence-corrected chi connectivity index (χ4v) is 1.24. The lowest BCUT2D eigenvalue weighted by Crippen LogP contribution is -2.17. The summed E-state index contributed by atoms with van der Waals surface area (Å²) in [7, 11) is 0. The van der Waals surface area contributed by atoms with Crippen LogP contribution in [0.3, 0.4) is 0 Å². The first kappa shape index (κ1) is 8.49. The number of hydrogen-bond donors (Lipinski definition) is 2. The van der Waals surface area contributed by atoms with Gasteiger partial charge >= 0.3 is 0 Å². The van der Waals surface area contributed by atoms with Crippen molar-refractivity contribution in [3.05, 3.63) is 24.2 Å². The van der Waals surface area contributed by atoms with Gasteiger partial charge in [-0.2, -0.15) is 5.10 Å². The SMILES string of the molecule is NC(=O)Cc1nc(N)c2cccn2n1. The summed E-state index contributed by atoms with van der Waals surface area (Å²) < 4.78 is 1.57. The minimum atomic E-state index is -0.476. The van der Waals surface area contributed by atoms with E-state index in [2.05, 4.69) is 10.1 Å². The molecule has 0 fully saturated rings.